The SMILES string of the molecule is Cc1nc(C(C)C)sc1C(=O)NC[C@@H](C(C)C)N1CCOCC1. The van der Waals surface area contributed by atoms with Crippen LogP contribution in [0.2, 0.25) is 0 Å². The van der Waals surface area contributed by atoms with E-state index in [0.29, 0.717) is 24.4 Å². The van der Waals surface area contributed by atoms with Crippen molar-refractivity contribution in [3.8, 4) is 0 Å². The van der Waals surface area contributed by atoms with Crippen molar-refractivity contribution >= 4 is 17.2 Å². The molecule has 0 saturated carbocycles. The molecule has 130 valence electrons. The Balaban J connectivity index is 1.98. The molecule has 1 aliphatic rings. The second-order valence-electron chi connectivity index (χ2n) is 6.79. The molecule has 1 N–H and O–H groups in total. The van der Waals surface area contributed by atoms with E-state index in [0.717, 1.165) is 41.9 Å². The van der Waals surface area contributed by atoms with E-state index in [1.165, 1.54) is 11.3 Å². The van der Waals surface area contributed by atoms with Gasteiger partial charge in [0.1, 0.15) is 4.88 Å². The number of rotatable bonds is 6. The summed E-state index contributed by atoms with van der Waals surface area (Å²) in [6.07, 6.45) is 0. The Labute approximate surface area is 143 Å². The Bertz CT molecular complexity index is 522. The van der Waals surface area contributed by atoms with Gasteiger partial charge in [-0.2, -0.15) is 0 Å². The molecule has 1 aliphatic heterocycles. The monoisotopic (exact) mass is 339 g/mol. The third kappa shape index (κ3) is 4.75. The van der Waals surface area contributed by atoms with Crippen molar-refractivity contribution in [2.24, 2.45) is 5.92 Å². The van der Waals surface area contributed by atoms with E-state index in [4.69, 9.17) is 4.74 Å². The zero-order valence-electron chi connectivity index (χ0n) is 14.9. The molecule has 0 aliphatic carbocycles. The summed E-state index contributed by atoms with van der Waals surface area (Å²) in [6, 6.07) is 0.348. The Morgan fingerprint density at radius 2 is 1.96 bits per heavy atom. The van der Waals surface area contributed by atoms with Gasteiger partial charge in [-0.1, -0.05) is 27.7 Å². The van der Waals surface area contributed by atoms with Crippen LogP contribution in [0.4, 0.5) is 0 Å². The second-order valence-corrected chi connectivity index (χ2v) is 7.82. The zero-order chi connectivity index (χ0) is 17.0. The van der Waals surface area contributed by atoms with Crippen LogP contribution in [0.3, 0.4) is 0 Å². The first-order valence-electron chi connectivity index (χ1n) is 8.47. The molecule has 6 heteroatoms. The molecule has 1 fully saturated rings. The van der Waals surface area contributed by atoms with Gasteiger partial charge in [-0.3, -0.25) is 9.69 Å². The topological polar surface area (TPSA) is 54.5 Å². The molecule has 1 aromatic rings. The van der Waals surface area contributed by atoms with E-state index < -0.39 is 0 Å². The summed E-state index contributed by atoms with van der Waals surface area (Å²) in [5.41, 5.74) is 0.837. The molecule has 0 unspecified atom stereocenters. The predicted octanol–water partition coefficient (Wildman–Crippen LogP) is 2.66. The molecule has 23 heavy (non-hydrogen) atoms. The van der Waals surface area contributed by atoms with Crippen LogP contribution >= 0.6 is 11.3 Å². The molecular formula is C17H29N3O2S. The maximum absolute atomic E-state index is 12.5. The lowest BCUT2D eigenvalue weighted by molar-refractivity contribution is 0.00673. The molecule has 0 bridgehead atoms. The van der Waals surface area contributed by atoms with Crippen molar-refractivity contribution in [2.75, 3.05) is 32.8 Å². The second kappa shape index (κ2) is 8.22. The van der Waals surface area contributed by atoms with Crippen LogP contribution in [-0.4, -0.2) is 54.7 Å². The fraction of sp³-hybridized carbons (Fsp3) is 0.765. The van der Waals surface area contributed by atoms with Crippen molar-refractivity contribution in [3.63, 3.8) is 0 Å². The number of amides is 1. The lowest BCUT2D eigenvalue weighted by atomic mass is 10.0. The first kappa shape index (κ1) is 18.4. The normalized spacial score (nSPS) is 17.7. The summed E-state index contributed by atoms with van der Waals surface area (Å²) < 4.78 is 5.43. The molecule has 2 rings (SSSR count). The van der Waals surface area contributed by atoms with Gasteiger partial charge in [0, 0.05) is 31.6 Å². The van der Waals surface area contributed by atoms with Crippen LogP contribution in [-0.2, 0) is 4.74 Å². The standard InChI is InChI=1S/C17H29N3O2S/c1-11(2)14(20-6-8-22-9-7-20)10-18-16(21)15-13(5)19-17(23-15)12(3)4/h11-12,14H,6-10H2,1-5H3,(H,18,21)/t14-/m0/s1. The summed E-state index contributed by atoms with van der Waals surface area (Å²) >= 11 is 1.51. The van der Waals surface area contributed by atoms with E-state index in [9.17, 15) is 4.79 Å². The maximum atomic E-state index is 12.5. The van der Waals surface area contributed by atoms with E-state index in [2.05, 4.69) is 42.9 Å². The number of carbonyl (C=O) groups is 1. The van der Waals surface area contributed by atoms with Gasteiger partial charge in [0.15, 0.2) is 0 Å². The highest BCUT2D eigenvalue weighted by atomic mass is 32.1. The number of carbonyl (C=O) groups excluding carboxylic acids is 1. The fourth-order valence-electron chi connectivity index (χ4n) is 2.85. The Kier molecular flexibility index (Phi) is 6.56. The summed E-state index contributed by atoms with van der Waals surface area (Å²) in [5, 5.41) is 4.15. The minimum Gasteiger partial charge on any atom is -0.379 e. The number of morpholine rings is 1. The van der Waals surface area contributed by atoms with Gasteiger partial charge in [0.05, 0.1) is 23.9 Å². The number of aryl methyl sites for hydroxylation is 1. The number of hydrogen-bond acceptors (Lipinski definition) is 5. The van der Waals surface area contributed by atoms with Gasteiger partial charge in [-0.25, -0.2) is 4.98 Å². The molecule has 1 saturated heterocycles. The smallest absolute Gasteiger partial charge is 0.263 e. The number of hydrogen-bond donors (Lipinski definition) is 1. The number of thiazole rings is 1. The average molecular weight is 340 g/mol. The van der Waals surface area contributed by atoms with Crippen LogP contribution in [0.15, 0.2) is 0 Å². The summed E-state index contributed by atoms with van der Waals surface area (Å²) in [6.45, 7) is 14.7. The van der Waals surface area contributed by atoms with Gasteiger partial charge < -0.3 is 10.1 Å². The molecule has 0 aromatic carbocycles. The molecule has 5 nitrogen and oxygen atoms in total. The molecular weight excluding hydrogens is 310 g/mol. The third-order valence-corrected chi connectivity index (χ3v) is 5.73. The van der Waals surface area contributed by atoms with Crippen LogP contribution in [0.5, 0.6) is 0 Å². The number of nitrogens with one attached hydrogen (secondary N) is 1. The predicted molar refractivity (Wildman–Crippen MR) is 94.3 cm³/mol. The molecule has 1 atom stereocenters. The zero-order valence-corrected chi connectivity index (χ0v) is 15.7. The van der Waals surface area contributed by atoms with Crippen molar-refractivity contribution in [1.29, 1.82) is 0 Å². The van der Waals surface area contributed by atoms with Crippen LogP contribution in [0.1, 0.15) is 54.0 Å². The first-order valence-corrected chi connectivity index (χ1v) is 9.29. The van der Waals surface area contributed by atoms with Gasteiger partial charge >= 0.3 is 0 Å². The molecule has 1 amide bonds. The van der Waals surface area contributed by atoms with E-state index >= 15 is 0 Å². The van der Waals surface area contributed by atoms with Crippen LogP contribution in [0.25, 0.3) is 0 Å². The summed E-state index contributed by atoms with van der Waals surface area (Å²) in [5.74, 6) is 0.852. The van der Waals surface area contributed by atoms with Crippen molar-refractivity contribution in [1.82, 2.24) is 15.2 Å². The van der Waals surface area contributed by atoms with Crippen molar-refractivity contribution in [3.05, 3.63) is 15.6 Å². The number of nitrogens with zero attached hydrogens (tertiary/aromatic N) is 2. The first-order chi connectivity index (χ1) is 10.9. The Hall–Kier alpha value is -0.980. The average Bonchev–Trinajstić information content (AvgIpc) is 2.90. The largest absolute Gasteiger partial charge is 0.379 e. The van der Waals surface area contributed by atoms with E-state index in [1.807, 2.05) is 6.92 Å². The van der Waals surface area contributed by atoms with E-state index in [-0.39, 0.29) is 5.91 Å². The lowest BCUT2D eigenvalue weighted by Gasteiger charge is -2.36. The molecule has 1 aromatic heterocycles. The summed E-state index contributed by atoms with van der Waals surface area (Å²) in [4.78, 5) is 20.2. The number of ether oxygens (including phenoxy) is 1. The Morgan fingerprint density at radius 3 is 2.48 bits per heavy atom. The van der Waals surface area contributed by atoms with Gasteiger partial charge in [0.25, 0.3) is 5.91 Å². The van der Waals surface area contributed by atoms with Gasteiger partial charge in [0.2, 0.25) is 0 Å². The lowest BCUT2D eigenvalue weighted by Crippen LogP contribution is -2.51. The highest BCUT2D eigenvalue weighted by Crippen LogP contribution is 2.24. The maximum Gasteiger partial charge on any atom is 0.263 e. The Morgan fingerprint density at radius 1 is 1.30 bits per heavy atom. The van der Waals surface area contributed by atoms with Crippen LogP contribution in [0, 0.1) is 12.8 Å². The highest BCUT2D eigenvalue weighted by molar-refractivity contribution is 7.13. The van der Waals surface area contributed by atoms with Crippen LogP contribution < -0.4 is 5.32 Å². The molecule has 0 radical (unpaired) electrons. The summed E-state index contributed by atoms with van der Waals surface area (Å²) in [7, 11) is 0. The fourth-order valence-corrected chi connectivity index (χ4v) is 3.83. The highest BCUT2D eigenvalue weighted by Gasteiger charge is 2.25. The van der Waals surface area contributed by atoms with E-state index in [1.54, 1.807) is 0 Å². The minimum absolute atomic E-state index is 0.00538. The van der Waals surface area contributed by atoms with Gasteiger partial charge in [-0.15, -0.1) is 11.3 Å². The molecule has 2 heterocycles. The van der Waals surface area contributed by atoms with Crippen molar-refractivity contribution in [2.45, 2.75) is 46.6 Å². The number of aromatic nitrogens is 1. The quantitative estimate of drug-likeness (QED) is 0.866. The van der Waals surface area contributed by atoms with Crippen molar-refractivity contribution < 1.29 is 9.53 Å². The van der Waals surface area contributed by atoms with Gasteiger partial charge in [-0.05, 0) is 12.8 Å². The third-order valence-electron chi connectivity index (χ3n) is 4.27. The molecule has 0 spiro atoms. The minimum atomic E-state index is 0.00538.